The van der Waals surface area contributed by atoms with Gasteiger partial charge in [-0.3, -0.25) is 0 Å². The van der Waals surface area contributed by atoms with Crippen LogP contribution in [-0.4, -0.2) is 34.7 Å². The van der Waals surface area contributed by atoms with Gasteiger partial charge in [0, 0.05) is 19.2 Å². The Hall–Kier alpha value is -3.41. The van der Waals surface area contributed by atoms with E-state index in [1.54, 1.807) is 6.21 Å². The summed E-state index contributed by atoms with van der Waals surface area (Å²) in [4.78, 5) is 2.07. The van der Waals surface area contributed by atoms with Crippen molar-refractivity contribution in [1.82, 2.24) is 9.47 Å². The molecule has 1 fully saturated rings. The van der Waals surface area contributed by atoms with Gasteiger partial charge in [0.05, 0.1) is 19.5 Å². The lowest BCUT2D eigenvalue weighted by Crippen LogP contribution is -2.34. The van der Waals surface area contributed by atoms with E-state index in [0.717, 1.165) is 35.6 Å². The minimum Gasteiger partial charge on any atom is -0.368 e. The van der Waals surface area contributed by atoms with E-state index in [2.05, 4.69) is 86.9 Å². The normalized spacial score (nSPS) is 15.4. The van der Waals surface area contributed by atoms with Gasteiger partial charge in [-0.25, -0.2) is 8.97 Å². The predicted octanol–water partition coefficient (Wildman–Crippen LogP) is 2.99. The van der Waals surface area contributed by atoms with Crippen molar-refractivity contribution in [2.24, 2.45) is 23.0 Å². The molecule has 6 heteroatoms. The van der Waals surface area contributed by atoms with Gasteiger partial charge in [0.25, 0.3) is 5.65 Å². The van der Waals surface area contributed by atoms with Crippen LogP contribution < -0.4 is 10.1 Å². The highest BCUT2D eigenvalue weighted by atomic mass is 15.3. The van der Waals surface area contributed by atoms with Crippen LogP contribution in [0, 0.1) is 6.92 Å². The first kappa shape index (κ1) is 18.9. The predicted molar refractivity (Wildman–Crippen MR) is 119 cm³/mol. The van der Waals surface area contributed by atoms with Crippen molar-refractivity contribution in [2.75, 3.05) is 13.1 Å². The maximum absolute atomic E-state index is 5.96. The lowest BCUT2D eigenvalue weighted by atomic mass is 10.1. The summed E-state index contributed by atoms with van der Waals surface area (Å²) in [5.74, 6) is 0.501. The number of guanidine groups is 1. The minimum absolute atomic E-state index is 0.501. The molecule has 0 aliphatic carbocycles. The summed E-state index contributed by atoms with van der Waals surface area (Å²) in [5, 5.41) is 8.23. The second-order valence-electron chi connectivity index (χ2n) is 7.48. The molecule has 29 heavy (non-hydrogen) atoms. The van der Waals surface area contributed by atoms with Crippen LogP contribution in [0.2, 0.25) is 0 Å². The molecule has 3 aromatic rings. The first-order valence-corrected chi connectivity index (χ1v) is 9.97. The Morgan fingerprint density at radius 2 is 1.72 bits per heavy atom. The second-order valence-corrected chi connectivity index (χ2v) is 7.48. The highest BCUT2D eigenvalue weighted by molar-refractivity contribution is 5.83. The molecule has 0 unspecified atom stereocenters. The lowest BCUT2D eigenvalue weighted by molar-refractivity contribution is -0.511. The highest BCUT2D eigenvalue weighted by Crippen LogP contribution is 2.11. The molecule has 2 N–H and O–H groups in total. The van der Waals surface area contributed by atoms with Gasteiger partial charge in [-0.15, -0.1) is 5.10 Å². The van der Waals surface area contributed by atoms with Gasteiger partial charge in [0.2, 0.25) is 5.96 Å². The fraction of sp³-hybridized carbons (Fsp3) is 0.261. The summed E-state index contributed by atoms with van der Waals surface area (Å²) in [5.41, 5.74) is 11.6. The largest absolute Gasteiger partial charge is 0.368 e. The van der Waals surface area contributed by atoms with Crippen LogP contribution in [0.4, 0.5) is 0 Å². The molecule has 0 amide bonds. The zero-order valence-corrected chi connectivity index (χ0v) is 17.0. The van der Waals surface area contributed by atoms with Crippen molar-refractivity contribution in [1.29, 1.82) is 0 Å². The van der Waals surface area contributed by atoms with Crippen LogP contribution in [0.15, 0.2) is 59.0 Å². The quantitative estimate of drug-likeness (QED) is 0.324. The van der Waals surface area contributed by atoms with Crippen LogP contribution in [0.3, 0.4) is 0 Å². The number of benzene rings is 1. The van der Waals surface area contributed by atoms with E-state index < -0.39 is 0 Å². The Morgan fingerprint density at radius 3 is 2.48 bits per heavy atom. The minimum atomic E-state index is 0.501. The van der Waals surface area contributed by atoms with Crippen molar-refractivity contribution < 1.29 is 4.40 Å². The third kappa shape index (κ3) is 4.37. The molecule has 1 saturated heterocycles. The summed E-state index contributed by atoms with van der Waals surface area (Å²) in [7, 11) is 2.08. The maximum Gasteiger partial charge on any atom is 0.286 e. The number of hydrogen-bond acceptors (Lipinski definition) is 2. The maximum atomic E-state index is 5.96. The number of nitrogens with zero attached hydrogens (tertiary/aromatic N) is 5. The van der Waals surface area contributed by atoms with Gasteiger partial charge >= 0.3 is 0 Å². The van der Waals surface area contributed by atoms with E-state index in [4.69, 9.17) is 5.73 Å². The topological polar surface area (TPSA) is 63.0 Å². The summed E-state index contributed by atoms with van der Waals surface area (Å²) < 4.78 is 4.34. The molecule has 1 aliphatic heterocycles. The van der Waals surface area contributed by atoms with E-state index in [0.29, 0.717) is 5.96 Å². The van der Waals surface area contributed by atoms with Gasteiger partial charge < -0.3 is 10.6 Å². The SMILES string of the molecule is Cc1ccc2n(C)c(/C=C/c3ccc(/C=N/N=C(\N)N4CCCC4)cc3)c[n+]2c1. The standard InChI is InChI=1S/C23H27N6/c1-18-5-12-22-27(2)21(17-29(22)16-18)11-10-19-6-8-20(9-7-19)15-25-26-23(24)28-13-3-4-14-28/h5-12,15-17H,3-4,13-14H2,1-2H3,(H2,24,26)/q+1/b11-10+,25-15+. The lowest BCUT2D eigenvalue weighted by Gasteiger charge is -2.13. The van der Waals surface area contributed by atoms with E-state index in [-0.39, 0.29) is 0 Å². The first-order valence-electron chi connectivity index (χ1n) is 9.97. The van der Waals surface area contributed by atoms with Crippen LogP contribution in [0.25, 0.3) is 17.8 Å². The molecule has 2 aromatic heterocycles. The highest BCUT2D eigenvalue weighted by Gasteiger charge is 2.13. The molecular weight excluding hydrogens is 360 g/mol. The molecule has 6 nitrogen and oxygen atoms in total. The van der Waals surface area contributed by atoms with Gasteiger partial charge in [0.1, 0.15) is 6.20 Å². The number of hydrogen-bond donors (Lipinski definition) is 1. The number of aryl methyl sites for hydroxylation is 2. The number of aromatic nitrogens is 2. The van der Waals surface area contributed by atoms with E-state index in [1.807, 2.05) is 12.1 Å². The molecular formula is C23H27N6+. The molecule has 0 saturated carbocycles. The van der Waals surface area contributed by atoms with Gasteiger partial charge in [-0.1, -0.05) is 30.3 Å². The molecule has 4 rings (SSSR count). The molecule has 0 radical (unpaired) electrons. The number of nitrogens with two attached hydrogens (primary N) is 1. The third-order valence-corrected chi connectivity index (χ3v) is 5.28. The Labute approximate surface area is 171 Å². The molecule has 3 heterocycles. The van der Waals surface area contributed by atoms with Crippen molar-refractivity contribution in [3.63, 3.8) is 0 Å². The molecule has 0 bridgehead atoms. The summed E-state index contributed by atoms with van der Waals surface area (Å²) >= 11 is 0. The third-order valence-electron chi connectivity index (χ3n) is 5.28. The van der Waals surface area contributed by atoms with Gasteiger partial charge in [0.15, 0.2) is 5.69 Å². The zero-order chi connectivity index (χ0) is 20.2. The van der Waals surface area contributed by atoms with E-state index >= 15 is 0 Å². The second kappa shape index (κ2) is 8.31. The van der Waals surface area contributed by atoms with Gasteiger partial charge in [-0.2, -0.15) is 5.10 Å². The van der Waals surface area contributed by atoms with Crippen LogP contribution in [0.5, 0.6) is 0 Å². The Bertz CT molecular complexity index is 1080. The fourth-order valence-corrected chi connectivity index (χ4v) is 3.56. The number of likely N-dealkylation sites (tertiary alicyclic amines) is 1. The monoisotopic (exact) mass is 387 g/mol. The Kier molecular flexibility index (Phi) is 5.42. The van der Waals surface area contributed by atoms with Crippen LogP contribution in [-0.2, 0) is 7.05 Å². The average molecular weight is 388 g/mol. The molecule has 0 atom stereocenters. The Morgan fingerprint density at radius 1 is 1.00 bits per heavy atom. The summed E-state index contributed by atoms with van der Waals surface area (Å²) in [6, 6.07) is 12.5. The smallest absolute Gasteiger partial charge is 0.286 e. The van der Waals surface area contributed by atoms with Crippen LogP contribution >= 0.6 is 0 Å². The number of rotatable bonds is 4. The first-order chi connectivity index (χ1) is 14.1. The number of fused-ring (bicyclic) bond motifs is 1. The Balaban J connectivity index is 1.43. The fourth-order valence-electron chi connectivity index (χ4n) is 3.56. The molecule has 1 aromatic carbocycles. The van der Waals surface area contributed by atoms with Crippen molar-refractivity contribution in [2.45, 2.75) is 19.8 Å². The summed E-state index contributed by atoms with van der Waals surface area (Å²) in [6.45, 7) is 4.05. The molecule has 0 spiro atoms. The van der Waals surface area contributed by atoms with Gasteiger partial charge in [-0.05, 0) is 48.6 Å². The van der Waals surface area contributed by atoms with Crippen molar-refractivity contribution >= 4 is 30.0 Å². The average Bonchev–Trinajstić information content (AvgIpc) is 3.36. The number of imidazole rings is 1. The van der Waals surface area contributed by atoms with Crippen LogP contribution in [0.1, 0.15) is 35.2 Å². The molecule has 1 aliphatic rings. The summed E-state index contributed by atoms with van der Waals surface area (Å²) in [6.07, 6.45) is 12.6. The van der Waals surface area contributed by atoms with E-state index in [1.165, 1.54) is 18.4 Å². The van der Waals surface area contributed by atoms with Crippen molar-refractivity contribution in [3.8, 4) is 0 Å². The number of pyridine rings is 1. The van der Waals surface area contributed by atoms with E-state index in [9.17, 15) is 0 Å². The zero-order valence-electron chi connectivity index (χ0n) is 17.0. The van der Waals surface area contributed by atoms with Crippen molar-refractivity contribution in [3.05, 3.63) is 71.2 Å². The molecule has 148 valence electrons.